The molecule has 1 N–H and O–H groups in total. The number of halogens is 3. The average Bonchev–Trinajstić information content (AvgIpc) is 2.72. The lowest BCUT2D eigenvalue weighted by Gasteiger charge is -2.33. The summed E-state index contributed by atoms with van der Waals surface area (Å²) >= 11 is 12.1. The van der Waals surface area contributed by atoms with E-state index in [4.69, 9.17) is 27.9 Å². The van der Waals surface area contributed by atoms with E-state index in [-0.39, 0.29) is 23.0 Å². The maximum Gasteiger partial charge on any atom is 0.268 e. The van der Waals surface area contributed by atoms with Gasteiger partial charge in [-0.15, -0.1) is 0 Å². The Labute approximate surface area is 188 Å². The molecule has 1 atom stereocenters. The largest absolute Gasteiger partial charge is 0.479 e. The third-order valence-electron chi connectivity index (χ3n) is 4.84. The van der Waals surface area contributed by atoms with Crippen LogP contribution in [0.1, 0.15) is 22.8 Å². The normalized spacial score (nSPS) is 15.3. The van der Waals surface area contributed by atoms with Crippen LogP contribution in [0.3, 0.4) is 0 Å². The molecule has 2 amide bonds. The van der Waals surface area contributed by atoms with E-state index in [0.717, 1.165) is 11.6 Å². The van der Waals surface area contributed by atoms with Crippen LogP contribution in [0.2, 0.25) is 10.0 Å². The van der Waals surface area contributed by atoms with E-state index in [1.807, 2.05) is 12.1 Å². The number of rotatable bonds is 4. The Morgan fingerprint density at radius 2 is 1.90 bits per heavy atom. The number of nitrogens with zero attached hydrogens (tertiary/aromatic N) is 1. The summed E-state index contributed by atoms with van der Waals surface area (Å²) in [5.41, 5.74) is 1.44. The first-order valence-electron chi connectivity index (χ1n) is 9.45. The number of nitrogens with one attached hydrogen (secondary N) is 1. The number of carbonyl (C=O) groups excluding carboxylic acids is 2. The van der Waals surface area contributed by atoms with Crippen molar-refractivity contribution in [2.75, 3.05) is 10.2 Å². The van der Waals surface area contributed by atoms with Crippen molar-refractivity contribution in [3.63, 3.8) is 0 Å². The minimum Gasteiger partial charge on any atom is -0.479 e. The van der Waals surface area contributed by atoms with Gasteiger partial charge in [0.1, 0.15) is 11.6 Å². The molecule has 4 rings (SSSR count). The summed E-state index contributed by atoms with van der Waals surface area (Å²) in [5, 5.41) is 3.20. The van der Waals surface area contributed by atoms with Crippen LogP contribution in [0.15, 0.2) is 60.7 Å². The number of anilines is 2. The molecule has 0 radical (unpaired) electrons. The molecular weight excluding hydrogens is 442 g/mol. The molecule has 1 aliphatic heterocycles. The molecule has 31 heavy (non-hydrogen) atoms. The minimum atomic E-state index is -0.724. The highest BCUT2D eigenvalue weighted by Crippen LogP contribution is 2.37. The third kappa shape index (κ3) is 4.36. The van der Waals surface area contributed by atoms with Crippen molar-refractivity contribution in [1.82, 2.24) is 0 Å². The van der Waals surface area contributed by atoms with Crippen molar-refractivity contribution in [1.29, 1.82) is 0 Å². The zero-order chi connectivity index (χ0) is 22.1. The second-order valence-electron chi connectivity index (χ2n) is 7.05. The van der Waals surface area contributed by atoms with Gasteiger partial charge in [0.15, 0.2) is 6.10 Å². The Morgan fingerprint density at radius 3 is 2.65 bits per heavy atom. The van der Waals surface area contributed by atoms with E-state index in [9.17, 15) is 14.0 Å². The van der Waals surface area contributed by atoms with E-state index < -0.39 is 17.8 Å². The fourth-order valence-corrected chi connectivity index (χ4v) is 3.84. The van der Waals surface area contributed by atoms with Gasteiger partial charge in [-0.05, 0) is 55.0 Å². The van der Waals surface area contributed by atoms with Gasteiger partial charge < -0.3 is 15.0 Å². The zero-order valence-corrected chi connectivity index (χ0v) is 17.9. The second kappa shape index (κ2) is 8.57. The fourth-order valence-electron chi connectivity index (χ4n) is 3.37. The molecule has 0 fully saturated rings. The van der Waals surface area contributed by atoms with Gasteiger partial charge in [0.25, 0.3) is 11.8 Å². The van der Waals surface area contributed by atoms with Crippen LogP contribution in [-0.2, 0) is 11.3 Å². The van der Waals surface area contributed by atoms with Crippen LogP contribution in [0.25, 0.3) is 0 Å². The maximum atomic E-state index is 14.1. The van der Waals surface area contributed by atoms with E-state index in [1.54, 1.807) is 42.2 Å². The van der Waals surface area contributed by atoms with Gasteiger partial charge in [0.2, 0.25) is 0 Å². The van der Waals surface area contributed by atoms with E-state index in [0.29, 0.717) is 22.1 Å². The average molecular weight is 459 g/mol. The number of carbonyl (C=O) groups is 2. The van der Waals surface area contributed by atoms with E-state index >= 15 is 0 Å². The first-order valence-corrected chi connectivity index (χ1v) is 10.2. The molecule has 0 spiro atoms. The van der Waals surface area contributed by atoms with Gasteiger partial charge in [-0.3, -0.25) is 9.59 Å². The van der Waals surface area contributed by atoms with Crippen LogP contribution in [0.4, 0.5) is 15.8 Å². The SMILES string of the molecule is CC1Oc2ccc(NC(=O)c3c(F)cccc3Cl)cc2N(Cc2cccc(Cl)c2)C1=O. The Balaban J connectivity index is 1.66. The summed E-state index contributed by atoms with van der Waals surface area (Å²) in [5.74, 6) is -1.15. The van der Waals surface area contributed by atoms with Crippen LogP contribution in [-0.4, -0.2) is 17.9 Å². The highest BCUT2D eigenvalue weighted by Gasteiger charge is 2.32. The van der Waals surface area contributed by atoms with Crippen LogP contribution in [0, 0.1) is 5.82 Å². The second-order valence-corrected chi connectivity index (χ2v) is 7.89. The summed E-state index contributed by atoms with van der Waals surface area (Å²) < 4.78 is 19.8. The standard InChI is InChI=1S/C23H17Cl2FN2O3/c1-13-23(30)28(12-14-4-2-5-15(24)10-14)19-11-16(8-9-20(19)31-13)27-22(29)21-17(25)6-3-7-18(21)26/h2-11,13H,12H2,1H3,(H,27,29). The lowest BCUT2D eigenvalue weighted by Crippen LogP contribution is -2.44. The van der Waals surface area contributed by atoms with Crippen LogP contribution < -0.4 is 15.0 Å². The van der Waals surface area contributed by atoms with Crippen molar-refractivity contribution in [2.45, 2.75) is 19.6 Å². The fraction of sp³-hybridized carbons (Fsp3) is 0.130. The molecule has 0 aromatic heterocycles. The summed E-state index contributed by atoms with van der Waals surface area (Å²) in [6, 6.07) is 16.1. The Kier molecular flexibility index (Phi) is 5.85. The Hall–Kier alpha value is -3.09. The molecule has 1 heterocycles. The summed E-state index contributed by atoms with van der Waals surface area (Å²) in [6.07, 6.45) is -0.663. The Morgan fingerprint density at radius 1 is 1.13 bits per heavy atom. The van der Waals surface area contributed by atoms with Crippen molar-refractivity contribution in [3.05, 3.63) is 87.7 Å². The van der Waals surface area contributed by atoms with Crippen molar-refractivity contribution < 1.29 is 18.7 Å². The van der Waals surface area contributed by atoms with Crippen LogP contribution >= 0.6 is 23.2 Å². The van der Waals surface area contributed by atoms with Gasteiger partial charge in [-0.25, -0.2) is 4.39 Å². The van der Waals surface area contributed by atoms with Crippen molar-refractivity contribution in [3.8, 4) is 5.75 Å². The van der Waals surface area contributed by atoms with E-state index in [1.165, 1.54) is 12.1 Å². The molecule has 1 aliphatic rings. The molecule has 0 bridgehead atoms. The number of hydrogen-bond donors (Lipinski definition) is 1. The highest BCUT2D eigenvalue weighted by molar-refractivity contribution is 6.34. The number of ether oxygens (including phenoxy) is 1. The molecule has 0 aliphatic carbocycles. The topological polar surface area (TPSA) is 58.6 Å². The number of hydrogen-bond acceptors (Lipinski definition) is 3. The third-order valence-corrected chi connectivity index (χ3v) is 5.39. The summed E-state index contributed by atoms with van der Waals surface area (Å²) in [6.45, 7) is 1.95. The smallest absolute Gasteiger partial charge is 0.268 e. The van der Waals surface area contributed by atoms with Gasteiger partial charge in [-0.1, -0.05) is 41.4 Å². The molecular formula is C23H17Cl2FN2O3. The monoisotopic (exact) mass is 458 g/mol. The number of benzene rings is 3. The van der Waals surface area contributed by atoms with Gasteiger partial charge in [-0.2, -0.15) is 0 Å². The molecule has 5 nitrogen and oxygen atoms in total. The highest BCUT2D eigenvalue weighted by atomic mass is 35.5. The van der Waals surface area contributed by atoms with Gasteiger partial charge in [0.05, 0.1) is 22.8 Å². The summed E-state index contributed by atoms with van der Waals surface area (Å²) in [4.78, 5) is 27.0. The first-order chi connectivity index (χ1) is 14.8. The zero-order valence-electron chi connectivity index (χ0n) is 16.4. The van der Waals surface area contributed by atoms with E-state index in [2.05, 4.69) is 5.32 Å². The first kappa shape index (κ1) is 21.2. The maximum absolute atomic E-state index is 14.1. The molecule has 0 saturated heterocycles. The van der Waals surface area contributed by atoms with Crippen LogP contribution in [0.5, 0.6) is 5.75 Å². The Bertz CT molecular complexity index is 1160. The molecule has 0 saturated carbocycles. The quantitative estimate of drug-likeness (QED) is 0.545. The number of amides is 2. The summed E-state index contributed by atoms with van der Waals surface area (Å²) in [7, 11) is 0. The van der Waals surface area contributed by atoms with Crippen molar-refractivity contribution in [2.24, 2.45) is 0 Å². The minimum absolute atomic E-state index is 0.00498. The molecule has 8 heteroatoms. The van der Waals surface area contributed by atoms with Gasteiger partial charge in [0, 0.05) is 10.7 Å². The lowest BCUT2D eigenvalue weighted by molar-refractivity contribution is -0.125. The number of fused-ring (bicyclic) bond motifs is 1. The van der Waals surface area contributed by atoms with Gasteiger partial charge >= 0.3 is 0 Å². The predicted molar refractivity (Wildman–Crippen MR) is 119 cm³/mol. The predicted octanol–water partition coefficient (Wildman–Crippen LogP) is 5.70. The molecule has 158 valence electrons. The lowest BCUT2D eigenvalue weighted by atomic mass is 10.1. The van der Waals surface area contributed by atoms with Crippen molar-refractivity contribution >= 4 is 46.4 Å². The molecule has 3 aromatic carbocycles. The molecule has 1 unspecified atom stereocenters. The molecule has 3 aromatic rings.